The van der Waals surface area contributed by atoms with Crippen molar-refractivity contribution in [3.8, 4) is 0 Å². The van der Waals surface area contributed by atoms with Crippen molar-refractivity contribution in [2.24, 2.45) is 12.9 Å². The number of aryl methyl sites for hydroxylation is 2. The van der Waals surface area contributed by atoms with Gasteiger partial charge in [-0.15, -0.1) is 0 Å². The number of rotatable bonds is 4. The van der Waals surface area contributed by atoms with Gasteiger partial charge in [-0.2, -0.15) is 5.10 Å². The van der Waals surface area contributed by atoms with Crippen LogP contribution in [-0.2, 0) is 7.05 Å². The Morgan fingerprint density at radius 2 is 2.10 bits per heavy atom. The molecule has 1 aromatic carbocycles. The first-order chi connectivity index (χ1) is 10.1. The highest BCUT2D eigenvalue weighted by Crippen LogP contribution is 2.37. The molecule has 1 unspecified atom stereocenters. The van der Waals surface area contributed by atoms with Gasteiger partial charge in [0, 0.05) is 18.3 Å². The molecule has 4 nitrogen and oxygen atoms in total. The molecule has 1 aliphatic carbocycles. The zero-order chi connectivity index (χ0) is 15.0. The van der Waals surface area contributed by atoms with Gasteiger partial charge in [0.05, 0.1) is 11.7 Å². The maximum absolute atomic E-state index is 5.87. The van der Waals surface area contributed by atoms with E-state index in [0.717, 1.165) is 17.3 Å². The van der Waals surface area contributed by atoms with E-state index in [9.17, 15) is 0 Å². The third kappa shape index (κ3) is 2.49. The fourth-order valence-electron chi connectivity index (χ4n) is 3.29. The lowest BCUT2D eigenvalue weighted by Crippen LogP contribution is -2.29. The Labute approximate surface area is 126 Å². The standard InChI is InChI=1S/C17H24N4/c1-11-16(12(2)21(3)20-11)17(19-18)15-9-5-8-14(10-15)13-6-4-7-13/h5,8-10,13,17,19H,4,6-7,18H2,1-3H3. The van der Waals surface area contributed by atoms with Gasteiger partial charge >= 0.3 is 0 Å². The van der Waals surface area contributed by atoms with Gasteiger partial charge in [0.1, 0.15) is 0 Å². The summed E-state index contributed by atoms with van der Waals surface area (Å²) < 4.78 is 1.92. The van der Waals surface area contributed by atoms with Crippen LogP contribution in [0.1, 0.15) is 59.3 Å². The molecule has 1 atom stereocenters. The number of hydrogen-bond acceptors (Lipinski definition) is 3. The Morgan fingerprint density at radius 1 is 1.33 bits per heavy atom. The summed E-state index contributed by atoms with van der Waals surface area (Å²) in [7, 11) is 1.98. The first kappa shape index (κ1) is 14.3. The smallest absolute Gasteiger partial charge is 0.0746 e. The molecule has 1 saturated carbocycles. The summed E-state index contributed by atoms with van der Waals surface area (Å²) >= 11 is 0. The molecule has 1 heterocycles. The molecule has 0 radical (unpaired) electrons. The molecule has 112 valence electrons. The fraction of sp³-hybridized carbons (Fsp3) is 0.471. The maximum atomic E-state index is 5.87. The third-order valence-corrected chi connectivity index (χ3v) is 4.84. The van der Waals surface area contributed by atoms with E-state index in [1.807, 2.05) is 18.7 Å². The number of hydrazine groups is 1. The van der Waals surface area contributed by atoms with Gasteiger partial charge in [-0.1, -0.05) is 30.7 Å². The summed E-state index contributed by atoms with van der Waals surface area (Å²) in [6.07, 6.45) is 3.98. The minimum absolute atomic E-state index is 0.00118. The molecule has 1 aliphatic rings. The van der Waals surface area contributed by atoms with Crippen LogP contribution in [0.3, 0.4) is 0 Å². The molecule has 21 heavy (non-hydrogen) atoms. The number of aromatic nitrogens is 2. The molecule has 4 heteroatoms. The monoisotopic (exact) mass is 284 g/mol. The minimum atomic E-state index is -0.00118. The molecular weight excluding hydrogens is 260 g/mol. The number of benzene rings is 1. The van der Waals surface area contributed by atoms with Gasteiger partial charge < -0.3 is 0 Å². The Morgan fingerprint density at radius 3 is 2.62 bits per heavy atom. The van der Waals surface area contributed by atoms with Gasteiger partial charge in [-0.25, -0.2) is 5.43 Å². The largest absolute Gasteiger partial charge is 0.272 e. The number of hydrogen-bond donors (Lipinski definition) is 2. The quantitative estimate of drug-likeness (QED) is 0.670. The lowest BCUT2D eigenvalue weighted by molar-refractivity contribution is 0.419. The Bertz CT molecular complexity index is 640. The SMILES string of the molecule is Cc1nn(C)c(C)c1C(NN)c1cccc(C2CCC2)c1. The minimum Gasteiger partial charge on any atom is -0.272 e. The van der Waals surface area contributed by atoms with E-state index in [1.54, 1.807) is 0 Å². The highest BCUT2D eigenvalue weighted by Gasteiger charge is 2.23. The normalized spacial score (nSPS) is 16.8. The maximum Gasteiger partial charge on any atom is 0.0746 e. The number of nitrogens with one attached hydrogen (secondary N) is 1. The van der Waals surface area contributed by atoms with E-state index in [2.05, 4.69) is 41.7 Å². The highest BCUT2D eigenvalue weighted by molar-refractivity contribution is 5.39. The van der Waals surface area contributed by atoms with Crippen LogP contribution in [0.2, 0.25) is 0 Å². The summed E-state index contributed by atoms with van der Waals surface area (Å²) in [6.45, 7) is 4.14. The van der Waals surface area contributed by atoms with Crippen LogP contribution in [0.5, 0.6) is 0 Å². The molecule has 1 aromatic heterocycles. The van der Waals surface area contributed by atoms with Gasteiger partial charge in [0.2, 0.25) is 0 Å². The number of nitrogens with zero attached hydrogens (tertiary/aromatic N) is 2. The first-order valence-corrected chi connectivity index (χ1v) is 7.68. The summed E-state index contributed by atoms with van der Waals surface area (Å²) in [4.78, 5) is 0. The van der Waals surface area contributed by atoms with Gasteiger partial charge in [0.25, 0.3) is 0 Å². The van der Waals surface area contributed by atoms with E-state index in [4.69, 9.17) is 5.84 Å². The van der Waals surface area contributed by atoms with Crippen molar-refractivity contribution in [1.29, 1.82) is 0 Å². The highest BCUT2D eigenvalue weighted by atomic mass is 15.3. The molecule has 2 aromatic rings. The summed E-state index contributed by atoms with van der Waals surface area (Å²) in [6, 6.07) is 8.84. The van der Waals surface area contributed by atoms with Crippen molar-refractivity contribution in [2.45, 2.75) is 45.1 Å². The molecule has 0 amide bonds. The van der Waals surface area contributed by atoms with Crippen molar-refractivity contribution < 1.29 is 0 Å². The predicted octanol–water partition coefficient (Wildman–Crippen LogP) is 2.86. The van der Waals surface area contributed by atoms with Crippen molar-refractivity contribution in [1.82, 2.24) is 15.2 Å². The van der Waals surface area contributed by atoms with E-state index in [-0.39, 0.29) is 6.04 Å². The first-order valence-electron chi connectivity index (χ1n) is 7.68. The zero-order valence-corrected chi connectivity index (χ0v) is 13.1. The summed E-state index contributed by atoms with van der Waals surface area (Å²) in [5.74, 6) is 6.61. The van der Waals surface area contributed by atoms with Crippen LogP contribution in [0.4, 0.5) is 0 Å². The van der Waals surface area contributed by atoms with Crippen LogP contribution < -0.4 is 11.3 Å². The fourth-order valence-corrected chi connectivity index (χ4v) is 3.29. The Kier molecular flexibility index (Phi) is 3.83. The Balaban J connectivity index is 1.99. The summed E-state index contributed by atoms with van der Waals surface area (Å²) in [5.41, 5.74) is 9.02. The van der Waals surface area contributed by atoms with Crippen molar-refractivity contribution in [2.75, 3.05) is 0 Å². The van der Waals surface area contributed by atoms with Gasteiger partial charge in [-0.3, -0.25) is 10.5 Å². The van der Waals surface area contributed by atoms with Crippen LogP contribution >= 0.6 is 0 Å². The molecule has 0 aliphatic heterocycles. The average molecular weight is 284 g/mol. The van der Waals surface area contributed by atoms with Crippen molar-refractivity contribution in [3.05, 3.63) is 52.3 Å². The molecule has 0 bridgehead atoms. The van der Waals surface area contributed by atoms with Crippen LogP contribution in [-0.4, -0.2) is 9.78 Å². The van der Waals surface area contributed by atoms with E-state index in [1.165, 1.54) is 36.0 Å². The average Bonchev–Trinajstić information content (AvgIpc) is 2.65. The second-order valence-electron chi connectivity index (χ2n) is 6.11. The zero-order valence-electron chi connectivity index (χ0n) is 13.1. The lowest BCUT2D eigenvalue weighted by atomic mass is 9.79. The van der Waals surface area contributed by atoms with Crippen molar-refractivity contribution >= 4 is 0 Å². The lowest BCUT2D eigenvalue weighted by Gasteiger charge is -2.27. The second-order valence-corrected chi connectivity index (χ2v) is 6.11. The van der Waals surface area contributed by atoms with E-state index in [0.29, 0.717) is 0 Å². The summed E-state index contributed by atoms with van der Waals surface area (Å²) in [5, 5.41) is 4.51. The third-order valence-electron chi connectivity index (χ3n) is 4.84. The molecule has 0 saturated heterocycles. The van der Waals surface area contributed by atoms with Crippen LogP contribution in [0.15, 0.2) is 24.3 Å². The molecule has 1 fully saturated rings. The van der Waals surface area contributed by atoms with E-state index < -0.39 is 0 Å². The van der Waals surface area contributed by atoms with Gasteiger partial charge in [0.15, 0.2) is 0 Å². The second kappa shape index (κ2) is 5.62. The number of nitrogens with two attached hydrogens (primary N) is 1. The van der Waals surface area contributed by atoms with Crippen molar-refractivity contribution in [3.63, 3.8) is 0 Å². The molecular formula is C17H24N4. The Hall–Kier alpha value is -1.65. The molecule has 3 rings (SSSR count). The molecule has 0 spiro atoms. The predicted molar refractivity (Wildman–Crippen MR) is 84.9 cm³/mol. The topological polar surface area (TPSA) is 55.9 Å². The van der Waals surface area contributed by atoms with Crippen LogP contribution in [0.25, 0.3) is 0 Å². The van der Waals surface area contributed by atoms with E-state index >= 15 is 0 Å². The van der Waals surface area contributed by atoms with Crippen LogP contribution in [0, 0.1) is 13.8 Å². The van der Waals surface area contributed by atoms with Gasteiger partial charge in [-0.05, 0) is 43.7 Å². The molecule has 3 N–H and O–H groups in total.